The predicted octanol–water partition coefficient (Wildman–Crippen LogP) is 2.42. The molecule has 0 saturated heterocycles. The lowest BCUT2D eigenvalue weighted by Crippen LogP contribution is -2.27. The van der Waals surface area contributed by atoms with E-state index in [0.29, 0.717) is 42.1 Å². The number of nitrogens with two attached hydrogens (primary N) is 1. The van der Waals surface area contributed by atoms with E-state index in [9.17, 15) is 12.8 Å². The van der Waals surface area contributed by atoms with Gasteiger partial charge in [0.25, 0.3) is 0 Å². The van der Waals surface area contributed by atoms with Gasteiger partial charge in [-0.2, -0.15) is 15.0 Å². The molecule has 0 amide bonds. The molecule has 3 N–H and O–H groups in total. The molecule has 4 rings (SSSR count). The second-order valence-corrected chi connectivity index (χ2v) is 9.39. The average Bonchev–Trinajstić information content (AvgIpc) is 3.07. The van der Waals surface area contributed by atoms with E-state index in [4.69, 9.17) is 5.14 Å². The molecule has 1 atom stereocenters. The maximum Gasteiger partial charge on any atom is 0.238 e. The zero-order valence-electron chi connectivity index (χ0n) is 17.9. The Balaban J connectivity index is 1.73. The summed E-state index contributed by atoms with van der Waals surface area (Å²) in [5.74, 6) is 0.817. The van der Waals surface area contributed by atoms with Crippen LogP contribution >= 0.6 is 0 Å². The first-order valence-electron chi connectivity index (χ1n) is 9.99. The van der Waals surface area contributed by atoms with Crippen molar-refractivity contribution < 1.29 is 12.8 Å². The van der Waals surface area contributed by atoms with E-state index in [0.717, 1.165) is 5.56 Å². The summed E-state index contributed by atoms with van der Waals surface area (Å²) in [6, 6.07) is 11.2. The standard InChI is InChI=1S/C21H24FN7O2S/c1-13-10-16-17(8-5-9-18(16)32(23,30)31)29(13)21-26-19(25-20(27-21)28(2)3)24-12-14-6-4-7-15(22)11-14/h4-9,11,13H,10,12H2,1-3H3,(H2,23,30,31)(H,24,25,26,27). The van der Waals surface area contributed by atoms with Gasteiger partial charge >= 0.3 is 0 Å². The smallest absolute Gasteiger partial charge is 0.238 e. The number of nitrogens with one attached hydrogen (secondary N) is 1. The number of sulfonamides is 1. The van der Waals surface area contributed by atoms with Crippen molar-refractivity contribution in [1.29, 1.82) is 0 Å². The molecule has 2 aromatic carbocycles. The molecule has 32 heavy (non-hydrogen) atoms. The number of rotatable bonds is 6. The topological polar surface area (TPSA) is 117 Å². The summed E-state index contributed by atoms with van der Waals surface area (Å²) < 4.78 is 37.6. The fraction of sp³-hybridized carbons (Fsp3) is 0.286. The molecule has 0 aliphatic carbocycles. The number of hydrogen-bond acceptors (Lipinski definition) is 8. The van der Waals surface area contributed by atoms with Gasteiger partial charge in [0.2, 0.25) is 27.9 Å². The molecular formula is C21H24FN7O2S. The van der Waals surface area contributed by atoms with Crippen LogP contribution in [-0.2, 0) is 23.0 Å². The Hall–Kier alpha value is -3.31. The molecule has 168 valence electrons. The van der Waals surface area contributed by atoms with Gasteiger partial charge in [-0.3, -0.25) is 0 Å². The van der Waals surface area contributed by atoms with Crippen LogP contribution in [0.15, 0.2) is 47.4 Å². The maximum atomic E-state index is 13.5. The SMILES string of the molecule is CC1Cc2c(cccc2S(N)(=O)=O)N1c1nc(NCc2cccc(F)c2)nc(N(C)C)n1. The van der Waals surface area contributed by atoms with Crippen LogP contribution in [0, 0.1) is 5.82 Å². The first-order valence-corrected chi connectivity index (χ1v) is 11.5. The van der Waals surface area contributed by atoms with Gasteiger partial charge in [0.1, 0.15) is 5.82 Å². The first-order chi connectivity index (χ1) is 15.1. The number of fused-ring (bicyclic) bond motifs is 1. The van der Waals surface area contributed by atoms with E-state index >= 15 is 0 Å². The Morgan fingerprint density at radius 1 is 1.19 bits per heavy atom. The summed E-state index contributed by atoms with van der Waals surface area (Å²) in [4.78, 5) is 17.3. The highest BCUT2D eigenvalue weighted by molar-refractivity contribution is 7.89. The lowest BCUT2D eigenvalue weighted by Gasteiger charge is -2.24. The number of halogens is 1. The Labute approximate surface area is 186 Å². The monoisotopic (exact) mass is 457 g/mol. The summed E-state index contributed by atoms with van der Waals surface area (Å²) in [6.07, 6.45) is 0.483. The normalized spacial score (nSPS) is 15.5. The van der Waals surface area contributed by atoms with Gasteiger partial charge < -0.3 is 15.1 Å². The molecule has 2 heterocycles. The minimum absolute atomic E-state index is 0.0959. The molecule has 3 aromatic rings. The van der Waals surface area contributed by atoms with E-state index in [1.54, 1.807) is 23.1 Å². The lowest BCUT2D eigenvalue weighted by atomic mass is 10.1. The van der Waals surface area contributed by atoms with Gasteiger partial charge in [-0.15, -0.1) is 0 Å². The highest BCUT2D eigenvalue weighted by Crippen LogP contribution is 2.40. The van der Waals surface area contributed by atoms with E-state index in [2.05, 4.69) is 20.3 Å². The number of aromatic nitrogens is 3. The van der Waals surface area contributed by atoms with Crippen molar-refractivity contribution >= 4 is 33.6 Å². The molecule has 1 aliphatic heterocycles. The maximum absolute atomic E-state index is 13.5. The number of anilines is 4. The largest absolute Gasteiger partial charge is 0.350 e. The molecule has 9 nitrogen and oxygen atoms in total. The Morgan fingerprint density at radius 2 is 1.94 bits per heavy atom. The minimum atomic E-state index is -3.86. The molecular weight excluding hydrogens is 433 g/mol. The number of hydrogen-bond donors (Lipinski definition) is 2. The quantitative estimate of drug-likeness (QED) is 0.580. The number of benzene rings is 2. The molecule has 0 fully saturated rings. The third kappa shape index (κ3) is 4.34. The van der Waals surface area contributed by atoms with Crippen molar-refractivity contribution in [3.05, 3.63) is 59.4 Å². The van der Waals surface area contributed by atoms with Gasteiger partial charge in [-0.25, -0.2) is 17.9 Å². The highest BCUT2D eigenvalue weighted by atomic mass is 32.2. The summed E-state index contributed by atoms with van der Waals surface area (Å²) in [5, 5.41) is 8.55. The van der Waals surface area contributed by atoms with Crippen molar-refractivity contribution in [3.8, 4) is 0 Å². The van der Waals surface area contributed by atoms with E-state index in [1.807, 2.05) is 32.0 Å². The zero-order valence-corrected chi connectivity index (χ0v) is 18.8. The summed E-state index contributed by atoms with van der Waals surface area (Å²) in [6.45, 7) is 2.29. The average molecular weight is 458 g/mol. The van der Waals surface area contributed by atoms with Gasteiger partial charge in [0.15, 0.2) is 0 Å². The lowest BCUT2D eigenvalue weighted by molar-refractivity contribution is 0.596. The molecule has 0 saturated carbocycles. The van der Waals surface area contributed by atoms with Crippen molar-refractivity contribution in [2.75, 3.05) is 29.2 Å². The third-order valence-electron chi connectivity index (χ3n) is 5.18. The summed E-state index contributed by atoms with van der Waals surface area (Å²) >= 11 is 0. The minimum Gasteiger partial charge on any atom is -0.350 e. The van der Waals surface area contributed by atoms with Gasteiger partial charge in [-0.05, 0) is 48.7 Å². The second kappa shape index (κ2) is 8.32. The zero-order chi connectivity index (χ0) is 23.0. The molecule has 11 heteroatoms. The van der Waals surface area contributed by atoms with Gasteiger partial charge in [0.05, 0.1) is 4.90 Å². The Morgan fingerprint density at radius 3 is 2.62 bits per heavy atom. The molecule has 0 spiro atoms. The summed E-state index contributed by atoms with van der Waals surface area (Å²) in [5.41, 5.74) is 2.08. The van der Waals surface area contributed by atoms with Crippen molar-refractivity contribution in [3.63, 3.8) is 0 Å². The van der Waals surface area contributed by atoms with E-state index < -0.39 is 10.0 Å². The van der Waals surface area contributed by atoms with Gasteiger partial charge in [0, 0.05) is 32.4 Å². The summed E-state index contributed by atoms with van der Waals surface area (Å²) in [7, 11) is -0.230. The van der Waals surface area contributed by atoms with Crippen LogP contribution in [0.2, 0.25) is 0 Å². The highest BCUT2D eigenvalue weighted by Gasteiger charge is 2.33. The van der Waals surface area contributed by atoms with Crippen LogP contribution in [0.3, 0.4) is 0 Å². The second-order valence-electron chi connectivity index (χ2n) is 7.86. The van der Waals surface area contributed by atoms with Crippen molar-refractivity contribution in [1.82, 2.24) is 15.0 Å². The molecule has 1 aliphatic rings. The van der Waals surface area contributed by atoms with Crippen LogP contribution < -0.4 is 20.3 Å². The first kappa shape index (κ1) is 21.9. The van der Waals surface area contributed by atoms with Crippen LogP contribution in [0.5, 0.6) is 0 Å². The number of nitrogens with zero attached hydrogens (tertiary/aromatic N) is 5. The van der Waals surface area contributed by atoms with E-state index in [1.165, 1.54) is 18.2 Å². The van der Waals surface area contributed by atoms with Crippen LogP contribution in [0.1, 0.15) is 18.1 Å². The van der Waals surface area contributed by atoms with Crippen LogP contribution in [-0.4, -0.2) is 43.5 Å². The van der Waals surface area contributed by atoms with Crippen LogP contribution in [0.25, 0.3) is 0 Å². The van der Waals surface area contributed by atoms with Crippen molar-refractivity contribution in [2.24, 2.45) is 5.14 Å². The molecule has 1 unspecified atom stereocenters. The molecule has 1 aromatic heterocycles. The Kier molecular flexibility index (Phi) is 5.70. The van der Waals surface area contributed by atoms with Crippen molar-refractivity contribution in [2.45, 2.75) is 30.8 Å². The molecule has 0 bridgehead atoms. The third-order valence-corrected chi connectivity index (χ3v) is 6.18. The van der Waals surface area contributed by atoms with Gasteiger partial charge in [-0.1, -0.05) is 18.2 Å². The predicted molar refractivity (Wildman–Crippen MR) is 121 cm³/mol. The molecule has 0 radical (unpaired) electrons. The fourth-order valence-electron chi connectivity index (χ4n) is 3.75. The van der Waals surface area contributed by atoms with E-state index in [-0.39, 0.29) is 16.8 Å². The Bertz CT molecular complexity index is 1270. The fourth-order valence-corrected chi connectivity index (χ4v) is 4.55. The number of primary sulfonamides is 1. The van der Waals surface area contributed by atoms with Crippen LogP contribution in [0.4, 0.5) is 27.9 Å².